The highest BCUT2D eigenvalue weighted by Crippen LogP contribution is 2.37. The fourth-order valence-electron chi connectivity index (χ4n) is 3.00. The molecule has 3 nitrogen and oxygen atoms in total. The number of hydrogen-bond acceptors (Lipinski definition) is 4. The van der Waals surface area contributed by atoms with Crippen LogP contribution in [0.2, 0.25) is 0 Å². The minimum Gasteiger partial charge on any atom is -0.457 e. The number of nitrogens with zero attached hydrogens (tertiary/aromatic N) is 1. The largest absolute Gasteiger partial charge is 0.457 e. The molecule has 0 bridgehead atoms. The van der Waals surface area contributed by atoms with E-state index in [0.29, 0.717) is 9.23 Å². The van der Waals surface area contributed by atoms with E-state index in [1.165, 1.54) is 17.3 Å². The number of amides is 1. The molecule has 0 atom stereocenters. The SMILES string of the molecule is Cc1ccc(N2C(=O)/C(=C\c3cccc(Oc4ccccc4)c3)SC2=S)cc1C. The van der Waals surface area contributed by atoms with Crippen molar-refractivity contribution in [3.8, 4) is 11.5 Å². The van der Waals surface area contributed by atoms with Crippen LogP contribution < -0.4 is 9.64 Å². The van der Waals surface area contributed by atoms with Gasteiger partial charge in [0.05, 0.1) is 10.6 Å². The lowest BCUT2D eigenvalue weighted by Gasteiger charge is -2.15. The first kappa shape index (κ1) is 19.4. The van der Waals surface area contributed by atoms with Crippen LogP contribution in [0.25, 0.3) is 6.08 Å². The summed E-state index contributed by atoms with van der Waals surface area (Å²) in [6, 6.07) is 23.2. The number of aryl methyl sites for hydroxylation is 2. The third kappa shape index (κ3) is 4.26. The van der Waals surface area contributed by atoms with E-state index in [9.17, 15) is 4.79 Å². The fourth-order valence-corrected chi connectivity index (χ4v) is 4.30. The van der Waals surface area contributed by atoms with E-state index in [0.717, 1.165) is 28.3 Å². The first-order valence-electron chi connectivity index (χ1n) is 9.19. The van der Waals surface area contributed by atoms with Crippen LogP contribution in [-0.2, 0) is 4.79 Å². The zero-order valence-corrected chi connectivity index (χ0v) is 17.7. The van der Waals surface area contributed by atoms with Gasteiger partial charge in [0.1, 0.15) is 11.5 Å². The molecule has 0 unspecified atom stereocenters. The number of thioether (sulfide) groups is 1. The summed E-state index contributed by atoms with van der Waals surface area (Å²) in [6.45, 7) is 4.08. The molecular formula is C24H19NO2S2. The van der Waals surface area contributed by atoms with E-state index in [1.54, 1.807) is 4.90 Å². The Labute approximate surface area is 180 Å². The Kier molecular flexibility index (Phi) is 5.51. The monoisotopic (exact) mass is 417 g/mol. The number of carbonyl (C=O) groups is 1. The summed E-state index contributed by atoms with van der Waals surface area (Å²) in [5.41, 5.74) is 4.01. The highest BCUT2D eigenvalue weighted by Gasteiger charge is 2.33. The molecule has 5 heteroatoms. The summed E-state index contributed by atoms with van der Waals surface area (Å²) in [4.78, 5) is 15.2. The van der Waals surface area contributed by atoms with Crippen molar-refractivity contribution in [2.45, 2.75) is 13.8 Å². The lowest BCUT2D eigenvalue weighted by atomic mass is 10.1. The quantitative estimate of drug-likeness (QED) is 0.358. The molecule has 3 aromatic carbocycles. The molecule has 1 aliphatic heterocycles. The number of thiocarbonyl (C=S) groups is 1. The minimum absolute atomic E-state index is 0.0994. The number of para-hydroxylation sites is 1. The Balaban J connectivity index is 1.59. The van der Waals surface area contributed by atoms with E-state index < -0.39 is 0 Å². The van der Waals surface area contributed by atoms with Gasteiger partial charge < -0.3 is 4.74 Å². The normalized spacial score (nSPS) is 15.2. The fraction of sp³-hybridized carbons (Fsp3) is 0.0833. The smallest absolute Gasteiger partial charge is 0.270 e. The summed E-state index contributed by atoms with van der Waals surface area (Å²) < 4.78 is 6.43. The van der Waals surface area contributed by atoms with Crippen LogP contribution >= 0.6 is 24.0 Å². The van der Waals surface area contributed by atoms with E-state index in [1.807, 2.05) is 92.7 Å². The molecule has 1 saturated heterocycles. The summed E-state index contributed by atoms with van der Waals surface area (Å²) in [5.74, 6) is 1.39. The van der Waals surface area contributed by atoms with Crippen LogP contribution in [0.3, 0.4) is 0 Å². The van der Waals surface area contributed by atoms with Crippen LogP contribution in [0.15, 0.2) is 77.7 Å². The maximum absolute atomic E-state index is 13.0. The average molecular weight is 418 g/mol. The second-order valence-electron chi connectivity index (χ2n) is 6.77. The van der Waals surface area contributed by atoms with Gasteiger partial charge in [0, 0.05) is 0 Å². The van der Waals surface area contributed by atoms with Gasteiger partial charge in [0.15, 0.2) is 4.32 Å². The first-order valence-corrected chi connectivity index (χ1v) is 10.4. The van der Waals surface area contributed by atoms with E-state index >= 15 is 0 Å². The molecule has 0 spiro atoms. The summed E-state index contributed by atoms with van der Waals surface area (Å²) in [7, 11) is 0. The molecule has 144 valence electrons. The predicted molar refractivity (Wildman–Crippen MR) is 125 cm³/mol. The Morgan fingerprint density at radius 3 is 2.41 bits per heavy atom. The third-order valence-corrected chi connectivity index (χ3v) is 5.98. The number of hydrogen-bond donors (Lipinski definition) is 0. The molecule has 1 amide bonds. The number of carbonyl (C=O) groups excluding carboxylic acids is 1. The maximum Gasteiger partial charge on any atom is 0.270 e. The molecule has 0 saturated carbocycles. The van der Waals surface area contributed by atoms with Gasteiger partial charge in [0.25, 0.3) is 5.91 Å². The molecular weight excluding hydrogens is 398 g/mol. The van der Waals surface area contributed by atoms with Gasteiger partial charge in [-0.15, -0.1) is 0 Å². The minimum atomic E-state index is -0.0994. The number of benzene rings is 3. The van der Waals surface area contributed by atoms with Crippen molar-refractivity contribution in [2.24, 2.45) is 0 Å². The van der Waals surface area contributed by atoms with Crippen LogP contribution in [0.4, 0.5) is 5.69 Å². The molecule has 1 heterocycles. The summed E-state index contributed by atoms with van der Waals surface area (Å²) in [5, 5.41) is 0. The van der Waals surface area contributed by atoms with E-state index in [-0.39, 0.29) is 5.91 Å². The molecule has 0 aromatic heterocycles. The predicted octanol–water partition coefficient (Wildman–Crippen LogP) is 6.50. The number of rotatable bonds is 4. The second kappa shape index (κ2) is 8.23. The zero-order chi connectivity index (χ0) is 20.4. The molecule has 1 fully saturated rings. The second-order valence-corrected chi connectivity index (χ2v) is 8.45. The van der Waals surface area contributed by atoms with Crippen molar-refractivity contribution >= 4 is 46.0 Å². The highest BCUT2D eigenvalue weighted by atomic mass is 32.2. The number of anilines is 1. The molecule has 3 aromatic rings. The van der Waals surface area contributed by atoms with Crippen LogP contribution in [0.1, 0.15) is 16.7 Å². The van der Waals surface area contributed by atoms with E-state index in [4.69, 9.17) is 17.0 Å². The van der Waals surface area contributed by atoms with Gasteiger partial charge in [-0.1, -0.05) is 60.4 Å². The van der Waals surface area contributed by atoms with Crippen LogP contribution in [0.5, 0.6) is 11.5 Å². The van der Waals surface area contributed by atoms with Crippen LogP contribution in [0, 0.1) is 13.8 Å². The van der Waals surface area contributed by atoms with Crippen molar-refractivity contribution in [1.29, 1.82) is 0 Å². The zero-order valence-electron chi connectivity index (χ0n) is 16.1. The molecule has 0 aliphatic carbocycles. The Bertz CT molecular complexity index is 1120. The lowest BCUT2D eigenvalue weighted by Crippen LogP contribution is -2.27. The number of ether oxygens (including phenoxy) is 1. The standard InChI is InChI=1S/C24H19NO2S2/c1-16-11-12-19(13-17(16)2)25-23(26)22(29-24(25)28)15-18-7-6-10-21(14-18)27-20-8-4-3-5-9-20/h3-15H,1-2H3/b22-15+. The third-order valence-electron chi connectivity index (χ3n) is 4.68. The van der Waals surface area contributed by atoms with Crippen molar-refractivity contribution in [2.75, 3.05) is 4.90 Å². The van der Waals surface area contributed by atoms with Gasteiger partial charge in [-0.2, -0.15) is 0 Å². The van der Waals surface area contributed by atoms with Crippen molar-refractivity contribution in [3.63, 3.8) is 0 Å². The maximum atomic E-state index is 13.0. The summed E-state index contributed by atoms with van der Waals surface area (Å²) in [6.07, 6.45) is 1.86. The van der Waals surface area contributed by atoms with Crippen molar-refractivity contribution in [1.82, 2.24) is 0 Å². The average Bonchev–Trinajstić information content (AvgIpc) is 2.98. The van der Waals surface area contributed by atoms with Gasteiger partial charge in [0.2, 0.25) is 0 Å². The molecule has 1 aliphatic rings. The van der Waals surface area contributed by atoms with E-state index in [2.05, 4.69) is 0 Å². The van der Waals surface area contributed by atoms with Crippen LogP contribution in [-0.4, -0.2) is 10.2 Å². The Morgan fingerprint density at radius 2 is 1.66 bits per heavy atom. The van der Waals surface area contributed by atoms with Gasteiger partial charge in [-0.3, -0.25) is 9.69 Å². The topological polar surface area (TPSA) is 29.5 Å². The Hall–Kier alpha value is -2.89. The highest BCUT2D eigenvalue weighted by molar-refractivity contribution is 8.27. The summed E-state index contributed by atoms with van der Waals surface area (Å²) >= 11 is 6.80. The first-order chi connectivity index (χ1) is 14.0. The van der Waals surface area contributed by atoms with Gasteiger partial charge in [-0.25, -0.2) is 0 Å². The van der Waals surface area contributed by atoms with Gasteiger partial charge in [-0.05, 0) is 73.0 Å². The molecule has 29 heavy (non-hydrogen) atoms. The van der Waals surface area contributed by atoms with Crippen molar-refractivity contribution in [3.05, 3.63) is 94.4 Å². The molecule has 4 rings (SSSR count). The Morgan fingerprint density at radius 1 is 0.897 bits per heavy atom. The molecule has 0 radical (unpaired) electrons. The van der Waals surface area contributed by atoms with Gasteiger partial charge >= 0.3 is 0 Å². The lowest BCUT2D eigenvalue weighted by molar-refractivity contribution is -0.113. The van der Waals surface area contributed by atoms with Crippen molar-refractivity contribution < 1.29 is 9.53 Å². The molecule has 0 N–H and O–H groups in total.